The van der Waals surface area contributed by atoms with Crippen molar-refractivity contribution in [2.45, 2.75) is 23.5 Å². The molecule has 0 N–H and O–H groups in total. The van der Waals surface area contributed by atoms with E-state index in [0.29, 0.717) is 48.3 Å². The second-order valence-corrected chi connectivity index (χ2v) is 11.1. The fourth-order valence-electron chi connectivity index (χ4n) is 3.45. The Kier molecular flexibility index (Phi) is 6.76. The summed E-state index contributed by atoms with van der Waals surface area (Å²) in [5, 5.41) is 0. The molecule has 1 aromatic carbocycles. The van der Waals surface area contributed by atoms with Gasteiger partial charge in [0.15, 0.2) is 11.7 Å². The Hall–Kier alpha value is -2.20. The van der Waals surface area contributed by atoms with Crippen molar-refractivity contribution in [1.82, 2.24) is 14.2 Å². The van der Waals surface area contributed by atoms with Crippen LogP contribution in [0, 0.1) is 0 Å². The summed E-state index contributed by atoms with van der Waals surface area (Å²) in [4.78, 5) is 18.6. The van der Waals surface area contributed by atoms with Gasteiger partial charge in [-0.2, -0.15) is 4.31 Å². The average molecular weight is 480 g/mol. The molecule has 7 nitrogen and oxygen atoms in total. The number of nitrogens with zero attached hydrogens (tertiary/aromatic N) is 3. The van der Waals surface area contributed by atoms with E-state index >= 15 is 0 Å². The van der Waals surface area contributed by atoms with Gasteiger partial charge < -0.3 is 9.32 Å². The molecule has 0 atom stereocenters. The van der Waals surface area contributed by atoms with Gasteiger partial charge in [0, 0.05) is 44.6 Å². The fraction of sp³-hybridized carbons (Fsp3) is 0.333. The highest BCUT2D eigenvalue weighted by molar-refractivity contribution is 7.91. The maximum Gasteiger partial charge on any atom is 0.252 e. The normalized spacial score (nSPS) is 15.3. The molecule has 0 radical (unpaired) electrons. The molecule has 0 spiro atoms. The first kappa shape index (κ1) is 22.0. The van der Waals surface area contributed by atoms with Crippen molar-refractivity contribution in [3.8, 4) is 11.3 Å². The van der Waals surface area contributed by atoms with Crippen LogP contribution in [0.15, 0.2) is 57.3 Å². The van der Waals surface area contributed by atoms with Gasteiger partial charge in [-0.3, -0.25) is 4.79 Å². The van der Waals surface area contributed by atoms with E-state index in [0.717, 1.165) is 16.9 Å². The summed E-state index contributed by atoms with van der Waals surface area (Å²) >= 11 is 6.91. The largest absolute Gasteiger partial charge is 0.441 e. The lowest BCUT2D eigenvalue weighted by atomic mass is 10.2. The first-order valence-electron chi connectivity index (χ1n) is 9.97. The number of halogens is 1. The molecule has 0 aliphatic carbocycles. The van der Waals surface area contributed by atoms with E-state index in [2.05, 4.69) is 4.98 Å². The molecule has 1 aliphatic rings. The molecule has 0 unspecified atom stereocenters. The number of piperazine rings is 1. The topological polar surface area (TPSA) is 83.7 Å². The van der Waals surface area contributed by atoms with Crippen LogP contribution in [0.3, 0.4) is 0 Å². The summed E-state index contributed by atoms with van der Waals surface area (Å²) in [7, 11) is -3.56. The predicted molar refractivity (Wildman–Crippen MR) is 120 cm³/mol. The number of rotatable bonds is 7. The maximum atomic E-state index is 12.7. The Balaban J connectivity index is 1.24. The molecule has 1 fully saturated rings. The Labute approximate surface area is 190 Å². The van der Waals surface area contributed by atoms with Crippen molar-refractivity contribution < 1.29 is 17.6 Å². The van der Waals surface area contributed by atoms with Gasteiger partial charge in [0.25, 0.3) is 10.0 Å². The minimum Gasteiger partial charge on any atom is -0.441 e. The summed E-state index contributed by atoms with van der Waals surface area (Å²) in [5.41, 5.74) is 0.968. The highest BCUT2D eigenvalue weighted by atomic mass is 35.5. The van der Waals surface area contributed by atoms with Gasteiger partial charge >= 0.3 is 0 Å². The number of amides is 1. The summed E-state index contributed by atoms with van der Waals surface area (Å²) in [6.07, 6.45) is 3.27. The monoisotopic (exact) mass is 479 g/mol. The highest BCUT2D eigenvalue weighted by Crippen LogP contribution is 2.28. The van der Waals surface area contributed by atoms with E-state index in [-0.39, 0.29) is 23.2 Å². The lowest BCUT2D eigenvalue weighted by Gasteiger charge is -2.33. The molecule has 4 rings (SSSR count). The minimum absolute atomic E-state index is 0.0195. The number of hydrogen-bond donors (Lipinski definition) is 0. The number of thiophene rings is 1. The zero-order valence-electron chi connectivity index (χ0n) is 16.7. The Morgan fingerprint density at radius 1 is 1.10 bits per heavy atom. The lowest BCUT2D eigenvalue weighted by Crippen LogP contribution is -2.50. The molecule has 0 bridgehead atoms. The van der Waals surface area contributed by atoms with Gasteiger partial charge in [0.05, 0.1) is 10.5 Å². The molecule has 2 aromatic heterocycles. The van der Waals surface area contributed by atoms with E-state index in [1.165, 1.54) is 10.4 Å². The molecule has 31 heavy (non-hydrogen) atoms. The molecule has 1 saturated heterocycles. The second kappa shape index (κ2) is 9.52. The van der Waals surface area contributed by atoms with E-state index in [1.807, 2.05) is 30.3 Å². The van der Waals surface area contributed by atoms with Crippen molar-refractivity contribution >= 4 is 38.9 Å². The van der Waals surface area contributed by atoms with Gasteiger partial charge in [-0.1, -0.05) is 41.9 Å². The van der Waals surface area contributed by atoms with Crippen LogP contribution < -0.4 is 0 Å². The molecule has 3 heterocycles. The summed E-state index contributed by atoms with van der Waals surface area (Å²) in [5.74, 6) is 1.34. The highest BCUT2D eigenvalue weighted by Gasteiger charge is 2.31. The summed E-state index contributed by atoms with van der Waals surface area (Å²) in [6, 6.07) is 12.8. The number of benzene rings is 1. The predicted octanol–water partition coefficient (Wildman–Crippen LogP) is 3.91. The molecule has 0 saturated carbocycles. The van der Waals surface area contributed by atoms with Crippen molar-refractivity contribution in [3.63, 3.8) is 0 Å². The molecule has 164 valence electrons. The zero-order valence-corrected chi connectivity index (χ0v) is 19.1. The van der Waals surface area contributed by atoms with Gasteiger partial charge in [-0.25, -0.2) is 13.4 Å². The first-order valence-corrected chi connectivity index (χ1v) is 12.6. The van der Waals surface area contributed by atoms with Gasteiger partial charge in [0.2, 0.25) is 5.91 Å². The maximum absolute atomic E-state index is 12.7. The van der Waals surface area contributed by atoms with E-state index in [4.69, 9.17) is 16.0 Å². The number of aryl methyl sites for hydroxylation is 1. The second-order valence-electron chi connectivity index (χ2n) is 7.18. The van der Waals surface area contributed by atoms with Crippen LogP contribution in [0.1, 0.15) is 18.7 Å². The molecular formula is C21H22ClN3O4S2. The zero-order chi connectivity index (χ0) is 21.8. The van der Waals surface area contributed by atoms with Crippen molar-refractivity contribution in [2.75, 3.05) is 26.2 Å². The molecule has 10 heteroatoms. The van der Waals surface area contributed by atoms with Crippen LogP contribution in [0.5, 0.6) is 0 Å². The van der Waals surface area contributed by atoms with Crippen LogP contribution in [0.2, 0.25) is 4.34 Å². The molecule has 1 amide bonds. The molecule has 1 aliphatic heterocycles. The summed E-state index contributed by atoms with van der Waals surface area (Å²) in [6.45, 7) is 1.33. The standard InChI is InChI=1S/C21H22ClN3O4S2/c22-18-9-10-21(30-18)31(27,28)25-13-11-24(12-14-25)20(26)8-4-7-19-23-15-17(29-19)16-5-2-1-3-6-16/h1-3,5-6,9-10,15H,4,7-8,11-14H2. The summed E-state index contributed by atoms with van der Waals surface area (Å²) < 4.78 is 33.2. The third kappa shape index (κ3) is 5.17. The number of aromatic nitrogens is 1. The fourth-order valence-corrected chi connectivity index (χ4v) is 6.51. The smallest absolute Gasteiger partial charge is 0.252 e. The van der Waals surface area contributed by atoms with Crippen LogP contribution in [0.25, 0.3) is 11.3 Å². The van der Waals surface area contributed by atoms with Gasteiger partial charge in [0.1, 0.15) is 4.21 Å². The van der Waals surface area contributed by atoms with E-state index in [9.17, 15) is 13.2 Å². The number of hydrogen-bond acceptors (Lipinski definition) is 6. The Bertz CT molecular complexity index is 1140. The average Bonchev–Trinajstić information content (AvgIpc) is 3.44. The van der Waals surface area contributed by atoms with Crippen molar-refractivity contribution in [2.24, 2.45) is 0 Å². The van der Waals surface area contributed by atoms with E-state index in [1.54, 1.807) is 17.2 Å². The lowest BCUT2D eigenvalue weighted by molar-refractivity contribution is -0.132. The number of carbonyl (C=O) groups excluding carboxylic acids is 1. The van der Waals surface area contributed by atoms with Crippen LogP contribution in [-0.2, 0) is 21.2 Å². The SMILES string of the molecule is O=C(CCCc1ncc(-c2ccccc2)o1)N1CCN(S(=O)(=O)c2ccc(Cl)s2)CC1. The van der Waals surface area contributed by atoms with Crippen LogP contribution in [0.4, 0.5) is 0 Å². The van der Waals surface area contributed by atoms with Gasteiger partial charge in [-0.15, -0.1) is 11.3 Å². The number of carbonyl (C=O) groups is 1. The third-order valence-corrected chi connectivity index (χ3v) is 8.72. The number of oxazole rings is 1. The quantitative estimate of drug-likeness (QED) is 0.513. The van der Waals surface area contributed by atoms with Crippen LogP contribution >= 0.6 is 22.9 Å². The third-order valence-electron chi connectivity index (χ3n) is 5.13. The molecule has 3 aromatic rings. The minimum atomic E-state index is -3.56. The Morgan fingerprint density at radius 3 is 2.52 bits per heavy atom. The van der Waals surface area contributed by atoms with E-state index < -0.39 is 10.0 Å². The van der Waals surface area contributed by atoms with Crippen molar-refractivity contribution in [3.05, 3.63) is 58.9 Å². The van der Waals surface area contributed by atoms with Gasteiger partial charge in [-0.05, 0) is 18.6 Å². The first-order chi connectivity index (χ1) is 14.9. The van der Waals surface area contributed by atoms with Crippen molar-refractivity contribution in [1.29, 1.82) is 0 Å². The number of sulfonamides is 1. The Morgan fingerprint density at radius 2 is 1.84 bits per heavy atom. The van der Waals surface area contributed by atoms with Crippen LogP contribution in [-0.4, -0.2) is 54.7 Å². The molecular weight excluding hydrogens is 458 g/mol.